The normalized spacial score (nSPS) is 13.3. The first kappa shape index (κ1) is 24.4. The average molecular weight is 431 g/mol. The van der Waals surface area contributed by atoms with Crippen LogP contribution in [0.3, 0.4) is 0 Å². The highest BCUT2D eigenvalue weighted by atomic mass is 16.6. The second-order valence-electron chi connectivity index (χ2n) is 8.23. The van der Waals surface area contributed by atoms with Crippen molar-refractivity contribution in [1.29, 1.82) is 0 Å². The van der Waals surface area contributed by atoms with Crippen LogP contribution in [0.4, 0.5) is 0 Å². The molecule has 2 aromatic carbocycles. The van der Waals surface area contributed by atoms with Gasteiger partial charge in [-0.15, -0.1) is 6.58 Å². The van der Waals surface area contributed by atoms with E-state index in [1.54, 1.807) is 32.4 Å². The Labute approximate surface area is 185 Å². The zero-order valence-electron chi connectivity index (χ0n) is 19.5. The zero-order valence-corrected chi connectivity index (χ0v) is 19.5. The van der Waals surface area contributed by atoms with Crippen LogP contribution in [0.5, 0.6) is 28.7 Å². The molecule has 0 amide bonds. The van der Waals surface area contributed by atoms with Gasteiger partial charge in [0.25, 0.3) is 0 Å². The third kappa shape index (κ3) is 6.31. The topological polar surface area (TPSA) is 66.4 Å². The second-order valence-corrected chi connectivity index (χ2v) is 8.23. The van der Waals surface area contributed by atoms with Crippen molar-refractivity contribution in [3.63, 3.8) is 0 Å². The van der Waals surface area contributed by atoms with Crippen LogP contribution in [0.25, 0.3) is 0 Å². The summed E-state index contributed by atoms with van der Waals surface area (Å²) < 4.78 is 29.1. The number of phenols is 1. The van der Waals surface area contributed by atoms with Crippen molar-refractivity contribution in [2.75, 3.05) is 21.3 Å². The van der Waals surface area contributed by atoms with E-state index in [4.69, 9.17) is 23.7 Å². The monoisotopic (exact) mass is 430 g/mol. The lowest BCUT2D eigenvalue weighted by Gasteiger charge is -2.33. The lowest BCUT2D eigenvalue weighted by Crippen LogP contribution is -2.32. The molecule has 170 valence electrons. The van der Waals surface area contributed by atoms with Crippen LogP contribution in [0.1, 0.15) is 44.9 Å². The summed E-state index contributed by atoms with van der Waals surface area (Å²) in [5.74, 6) is 2.08. The molecule has 0 bridgehead atoms. The van der Waals surface area contributed by atoms with Crippen LogP contribution < -0.4 is 18.9 Å². The summed E-state index contributed by atoms with van der Waals surface area (Å²) in [6.45, 7) is 11.7. The Morgan fingerprint density at radius 1 is 0.968 bits per heavy atom. The molecule has 1 N–H and O–H groups in total. The van der Waals surface area contributed by atoms with Gasteiger partial charge in [-0.05, 0) is 69.5 Å². The molecule has 0 aliphatic carbocycles. The Morgan fingerprint density at radius 2 is 1.55 bits per heavy atom. The highest BCUT2D eigenvalue weighted by Gasteiger charge is 2.30. The van der Waals surface area contributed by atoms with Crippen molar-refractivity contribution in [1.82, 2.24) is 0 Å². The van der Waals surface area contributed by atoms with Gasteiger partial charge in [-0.2, -0.15) is 0 Å². The van der Waals surface area contributed by atoms with Crippen LogP contribution in [-0.2, 0) is 11.2 Å². The number of phenolic OH excluding ortho intramolecular Hbond substituents is 1. The van der Waals surface area contributed by atoms with Gasteiger partial charge < -0.3 is 28.8 Å². The van der Waals surface area contributed by atoms with Gasteiger partial charge >= 0.3 is 0 Å². The summed E-state index contributed by atoms with van der Waals surface area (Å²) in [6, 6.07) is 8.97. The van der Waals surface area contributed by atoms with Gasteiger partial charge in [0.15, 0.2) is 23.0 Å². The lowest BCUT2D eigenvalue weighted by molar-refractivity contribution is -0.102. The van der Waals surface area contributed by atoms with E-state index in [1.807, 2.05) is 45.9 Å². The number of benzene rings is 2. The van der Waals surface area contributed by atoms with Crippen molar-refractivity contribution >= 4 is 0 Å². The summed E-state index contributed by atoms with van der Waals surface area (Å²) >= 11 is 0. The number of aromatic hydroxyl groups is 1. The van der Waals surface area contributed by atoms with E-state index in [9.17, 15) is 5.11 Å². The van der Waals surface area contributed by atoms with Crippen LogP contribution in [0.2, 0.25) is 0 Å². The van der Waals surface area contributed by atoms with Crippen molar-refractivity contribution in [3.05, 3.63) is 54.1 Å². The number of hydrogen-bond donors (Lipinski definition) is 1. The quantitative estimate of drug-likeness (QED) is 0.504. The van der Waals surface area contributed by atoms with Crippen molar-refractivity contribution in [2.24, 2.45) is 0 Å². The highest BCUT2D eigenvalue weighted by molar-refractivity contribution is 5.54. The number of hydrogen-bond acceptors (Lipinski definition) is 6. The molecule has 6 nitrogen and oxygen atoms in total. The van der Waals surface area contributed by atoms with Gasteiger partial charge in [0, 0.05) is 0 Å². The van der Waals surface area contributed by atoms with Crippen molar-refractivity contribution in [3.8, 4) is 28.7 Å². The molecule has 0 heterocycles. The number of allylic oxidation sites excluding steroid dienone is 1. The molecule has 0 aromatic heterocycles. The number of ether oxygens (including phenoxy) is 5. The minimum absolute atomic E-state index is 0.0653. The highest BCUT2D eigenvalue weighted by Crippen LogP contribution is 2.42. The molecular weight excluding hydrogens is 396 g/mol. The predicted octanol–water partition coefficient (Wildman–Crippen LogP) is 5.47. The Bertz CT molecular complexity index is 859. The lowest BCUT2D eigenvalue weighted by atomic mass is 10.0. The molecule has 0 saturated carbocycles. The average Bonchev–Trinajstić information content (AvgIpc) is 2.72. The first-order valence-corrected chi connectivity index (χ1v) is 10.2. The molecule has 6 heteroatoms. The van der Waals surface area contributed by atoms with Gasteiger partial charge in [0.05, 0.1) is 26.9 Å². The minimum atomic E-state index is -0.447. The largest absolute Gasteiger partial charge is 0.504 e. The van der Waals surface area contributed by atoms with Crippen LogP contribution in [0, 0.1) is 0 Å². The first-order valence-electron chi connectivity index (χ1n) is 10.2. The molecule has 0 aliphatic heterocycles. The molecular formula is C25H34O6. The molecule has 2 aromatic rings. The number of methoxy groups -OCH3 is 3. The van der Waals surface area contributed by atoms with E-state index in [1.165, 1.54) is 7.11 Å². The summed E-state index contributed by atoms with van der Waals surface area (Å²) in [5.41, 5.74) is 1.39. The summed E-state index contributed by atoms with van der Waals surface area (Å²) in [5, 5.41) is 9.99. The van der Waals surface area contributed by atoms with E-state index < -0.39 is 17.8 Å². The molecule has 0 aliphatic rings. The smallest absolute Gasteiger partial charge is 0.203 e. The predicted molar refractivity (Wildman–Crippen MR) is 122 cm³/mol. The third-order valence-corrected chi connectivity index (χ3v) is 4.64. The van der Waals surface area contributed by atoms with E-state index in [0.29, 0.717) is 29.4 Å². The SMILES string of the molecule is C=CCc1cc(OC)c(OC(C)C(OC(C)(C)C)c2ccc(O)c(OC)c2)c(OC)c1. The van der Waals surface area contributed by atoms with Crippen LogP contribution in [0.15, 0.2) is 43.0 Å². The maximum absolute atomic E-state index is 9.99. The molecule has 2 rings (SSSR count). The van der Waals surface area contributed by atoms with Crippen LogP contribution in [-0.4, -0.2) is 38.1 Å². The molecule has 0 saturated heterocycles. The molecule has 0 fully saturated rings. The summed E-state index contributed by atoms with van der Waals surface area (Å²) in [7, 11) is 4.70. The minimum Gasteiger partial charge on any atom is -0.504 e. The van der Waals surface area contributed by atoms with E-state index >= 15 is 0 Å². The van der Waals surface area contributed by atoms with Gasteiger partial charge in [-0.3, -0.25) is 0 Å². The second kappa shape index (κ2) is 10.4. The van der Waals surface area contributed by atoms with Gasteiger partial charge in [-0.1, -0.05) is 12.1 Å². The Hall–Kier alpha value is -2.86. The number of rotatable bonds is 10. The Morgan fingerprint density at radius 3 is 2.03 bits per heavy atom. The van der Waals surface area contributed by atoms with Gasteiger partial charge in [0.1, 0.15) is 12.2 Å². The van der Waals surface area contributed by atoms with E-state index in [2.05, 4.69) is 6.58 Å². The van der Waals surface area contributed by atoms with Gasteiger partial charge in [0.2, 0.25) is 5.75 Å². The molecule has 0 radical (unpaired) electrons. The van der Waals surface area contributed by atoms with Crippen LogP contribution >= 0.6 is 0 Å². The molecule has 2 unspecified atom stereocenters. The third-order valence-electron chi connectivity index (χ3n) is 4.64. The standard InChI is InChI=1S/C25H34O6/c1-9-10-17-13-21(28-7)24(22(14-17)29-8)30-16(2)23(31-25(3,4)5)18-11-12-19(26)20(15-18)27-6/h9,11-16,23,26H,1,10H2,2-8H3. The maximum atomic E-state index is 9.99. The maximum Gasteiger partial charge on any atom is 0.203 e. The zero-order chi connectivity index (χ0) is 23.2. The van der Waals surface area contributed by atoms with E-state index in [-0.39, 0.29) is 5.75 Å². The summed E-state index contributed by atoms with van der Waals surface area (Å²) in [6.07, 6.45) is 1.65. The fourth-order valence-electron chi connectivity index (χ4n) is 3.27. The Balaban J connectivity index is 2.46. The summed E-state index contributed by atoms with van der Waals surface area (Å²) in [4.78, 5) is 0. The molecule has 31 heavy (non-hydrogen) atoms. The van der Waals surface area contributed by atoms with E-state index in [0.717, 1.165) is 11.1 Å². The Kier molecular flexibility index (Phi) is 8.22. The fourth-order valence-corrected chi connectivity index (χ4v) is 3.27. The van der Waals surface area contributed by atoms with Gasteiger partial charge in [-0.25, -0.2) is 0 Å². The fraction of sp³-hybridized carbons (Fsp3) is 0.440. The first-order chi connectivity index (χ1) is 14.6. The van der Waals surface area contributed by atoms with Crippen molar-refractivity contribution in [2.45, 2.75) is 51.9 Å². The molecule has 2 atom stereocenters. The molecule has 0 spiro atoms. The van der Waals surface area contributed by atoms with Crippen molar-refractivity contribution < 1.29 is 28.8 Å².